The molecule has 1 unspecified atom stereocenters. The van der Waals surface area contributed by atoms with Crippen LogP contribution in [0.5, 0.6) is 0 Å². The summed E-state index contributed by atoms with van der Waals surface area (Å²) in [5.74, 6) is 0.653. The van der Waals surface area contributed by atoms with E-state index >= 15 is 0 Å². The van der Waals surface area contributed by atoms with Gasteiger partial charge in [0.2, 0.25) is 0 Å². The Morgan fingerprint density at radius 2 is 2.00 bits per heavy atom. The van der Waals surface area contributed by atoms with Crippen LogP contribution in [0.2, 0.25) is 0 Å². The summed E-state index contributed by atoms with van der Waals surface area (Å²) < 4.78 is 6.97. The molecule has 5 N–H and O–H groups in total. The summed E-state index contributed by atoms with van der Waals surface area (Å²) in [6.07, 6.45) is -0.940. The van der Waals surface area contributed by atoms with Crippen molar-refractivity contribution in [1.29, 1.82) is 0 Å². The highest BCUT2D eigenvalue weighted by molar-refractivity contribution is 5.82. The van der Waals surface area contributed by atoms with Gasteiger partial charge in [0.15, 0.2) is 17.7 Å². The fourth-order valence-electron chi connectivity index (χ4n) is 3.03. The zero-order valence-electron chi connectivity index (χ0n) is 15.3. The van der Waals surface area contributed by atoms with Crippen molar-refractivity contribution in [1.82, 2.24) is 19.5 Å². The number of anilines is 1. The molecule has 3 rings (SSSR count). The minimum absolute atomic E-state index is 0.0828. The van der Waals surface area contributed by atoms with Gasteiger partial charge >= 0.3 is 0 Å². The highest BCUT2D eigenvalue weighted by Gasteiger charge is 2.44. The molecule has 0 aliphatic carbocycles. The van der Waals surface area contributed by atoms with Gasteiger partial charge in [-0.2, -0.15) is 15.1 Å². The van der Waals surface area contributed by atoms with Gasteiger partial charge in [0.1, 0.15) is 23.8 Å². The van der Waals surface area contributed by atoms with Crippen molar-refractivity contribution in [3.05, 3.63) is 6.33 Å². The topological polar surface area (TPSA) is 164 Å². The van der Waals surface area contributed by atoms with Crippen molar-refractivity contribution < 1.29 is 20.1 Å². The normalized spacial score (nSPS) is 26.0. The Bertz CT molecular complexity index is 807. The first-order valence-electron chi connectivity index (χ1n) is 9.00. The summed E-state index contributed by atoms with van der Waals surface area (Å²) in [4.78, 5) is 12.6. The number of ether oxygens (including phenoxy) is 1. The Kier molecular flexibility index (Phi) is 5.95. The minimum atomic E-state index is -1.25. The third kappa shape index (κ3) is 3.76. The molecule has 1 fully saturated rings. The molecular weight excluding hydrogens is 354 g/mol. The second-order valence-electron chi connectivity index (χ2n) is 6.57. The Hall–Kier alpha value is -2.21. The van der Waals surface area contributed by atoms with Crippen LogP contribution in [0.25, 0.3) is 11.2 Å². The molecule has 3 heterocycles. The summed E-state index contributed by atoms with van der Waals surface area (Å²) in [6.45, 7) is 4.35. The third-order valence-corrected chi connectivity index (χ3v) is 4.88. The van der Waals surface area contributed by atoms with Crippen LogP contribution in [0, 0.1) is 5.92 Å². The second kappa shape index (κ2) is 8.21. The predicted molar refractivity (Wildman–Crippen MR) is 96.2 cm³/mol. The van der Waals surface area contributed by atoms with Gasteiger partial charge in [-0.15, -0.1) is 5.11 Å². The van der Waals surface area contributed by atoms with Crippen molar-refractivity contribution >= 4 is 22.9 Å². The largest absolute Gasteiger partial charge is 0.394 e. The van der Waals surface area contributed by atoms with E-state index < -0.39 is 31.1 Å². The van der Waals surface area contributed by atoms with Gasteiger partial charge in [-0.05, 0) is 5.92 Å². The molecule has 0 radical (unpaired) electrons. The number of imidazole rings is 1. The first-order valence-corrected chi connectivity index (χ1v) is 9.00. The molecule has 11 heteroatoms. The number of aromatic nitrogens is 4. The minimum Gasteiger partial charge on any atom is -0.394 e. The average molecular weight is 379 g/mol. The lowest BCUT2D eigenvalue weighted by atomic mass is 10.0. The Labute approximate surface area is 155 Å². The molecule has 0 amide bonds. The number of nitrogen functional groups attached to an aromatic ring is 1. The molecule has 1 aliphatic rings. The van der Waals surface area contributed by atoms with Crippen molar-refractivity contribution in [3.8, 4) is 0 Å². The average Bonchev–Trinajstić information content (AvgIpc) is 3.21. The van der Waals surface area contributed by atoms with Crippen molar-refractivity contribution in [2.24, 2.45) is 16.1 Å². The van der Waals surface area contributed by atoms with Crippen molar-refractivity contribution in [3.63, 3.8) is 0 Å². The molecule has 148 valence electrons. The number of nitrogens with zero attached hydrogens (tertiary/aromatic N) is 6. The molecular formula is C16H25N7O4. The predicted octanol–water partition coefficient (Wildman–Crippen LogP) is 0.540. The molecule has 2 aromatic rings. The number of nitrogens with two attached hydrogens (primary N) is 1. The van der Waals surface area contributed by atoms with Crippen LogP contribution in [-0.2, 0) is 4.74 Å². The van der Waals surface area contributed by atoms with Crippen LogP contribution in [0.4, 0.5) is 11.8 Å². The quantitative estimate of drug-likeness (QED) is 0.506. The number of aliphatic hydroxyl groups is 3. The van der Waals surface area contributed by atoms with Crippen LogP contribution >= 0.6 is 0 Å². The van der Waals surface area contributed by atoms with E-state index in [0.717, 1.165) is 12.8 Å². The molecule has 2 aromatic heterocycles. The molecule has 0 aromatic carbocycles. The maximum atomic E-state index is 10.2. The summed E-state index contributed by atoms with van der Waals surface area (Å²) >= 11 is 0. The lowest BCUT2D eigenvalue weighted by Gasteiger charge is -2.16. The number of hydrogen-bond acceptors (Lipinski definition) is 10. The highest BCUT2D eigenvalue weighted by atomic mass is 16.6. The van der Waals surface area contributed by atoms with E-state index in [9.17, 15) is 15.3 Å². The lowest BCUT2D eigenvalue weighted by molar-refractivity contribution is -0.0511. The summed E-state index contributed by atoms with van der Waals surface area (Å²) in [6, 6.07) is 0. The molecule has 0 spiro atoms. The van der Waals surface area contributed by atoms with Gasteiger partial charge in [0, 0.05) is 0 Å². The lowest BCUT2D eigenvalue weighted by Crippen LogP contribution is -2.33. The van der Waals surface area contributed by atoms with Gasteiger partial charge in [-0.1, -0.05) is 26.7 Å². The third-order valence-electron chi connectivity index (χ3n) is 4.88. The first kappa shape index (κ1) is 19.5. The van der Waals surface area contributed by atoms with Gasteiger partial charge in [0.05, 0.1) is 19.5 Å². The van der Waals surface area contributed by atoms with Crippen LogP contribution in [0.1, 0.15) is 32.9 Å². The standard InChI is InChI=1S/C16H25N7O4/c1-3-8(4-2)5-19-22-16-20-13(17)10-14(21-16)23(7-18-10)15-12(26)11(25)9(6-24)27-15/h7-9,11-12,15,24-26H,3-6H2,1-2H3,(H2,17,20,21)/t9-,11-,12-,15?/m1/s1. The van der Waals surface area contributed by atoms with Crippen molar-refractivity contribution in [2.45, 2.75) is 51.2 Å². The molecule has 0 saturated carbocycles. The fraction of sp³-hybridized carbons (Fsp3) is 0.688. The second-order valence-corrected chi connectivity index (χ2v) is 6.57. The number of hydrogen-bond donors (Lipinski definition) is 4. The highest BCUT2D eigenvalue weighted by Crippen LogP contribution is 2.32. The molecule has 1 saturated heterocycles. The molecule has 4 atom stereocenters. The number of azo groups is 1. The van der Waals surface area contributed by atoms with Gasteiger partial charge in [0.25, 0.3) is 5.95 Å². The van der Waals surface area contributed by atoms with E-state index in [4.69, 9.17) is 10.5 Å². The van der Waals surface area contributed by atoms with E-state index in [1.54, 1.807) is 0 Å². The Balaban J connectivity index is 1.90. The van der Waals surface area contributed by atoms with Crippen LogP contribution in [0.3, 0.4) is 0 Å². The summed E-state index contributed by atoms with van der Waals surface area (Å²) in [5.41, 5.74) is 6.57. The Morgan fingerprint density at radius 1 is 1.26 bits per heavy atom. The molecule has 1 aliphatic heterocycles. The molecule has 11 nitrogen and oxygen atoms in total. The number of fused-ring (bicyclic) bond motifs is 1. The van der Waals surface area contributed by atoms with Crippen molar-refractivity contribution in [2.75, 3.05) is 18.9 Å². The maximum absolute atomic E-state index is 10.2. The van der Waals surface area contributed by atoms with Crippen LogP contribution < -0.4 is 5.73 Å². The number of aliphatic hydroxyl groups excluding tert-OH is 3. The smallest absolute Gasteiger partial charge is 0.272 e. The monoisotopic (exact) mass is 379 g/mol. The SMILES string of the molecule is CCC(CC)CN=Nc1nc(N)c2ncn(C3O[C@H](CO)[C@@H](O)[C@H]3O)c2n1. The Morgan fingerprint density at radius 3 is 2.63 bits per heavy atom. The van der Waals surface area contributed by atoms with Crippen LogP contribution in [-0.4, -0.2) is 66.3 Å². The zero-order valence-corrected chi connectivity index (χ0v) is 15.3. The molecule has 0 bridgehead atoms. The van der Waals surface area contributed by atoms with Crippen LogP contribution in [0.15, 0.2) is 16.6 Å². The van der Waals surface area contributed by atoms with Gasteiger partial charge in [-0.25, -0.2) is 4.98 Å². The zero-order chi connectivity index (χ0) is 19.6. The number of rotatable bonds is 7. The summed E-state index contributed by atoms with van der Waals surface area (Å²) in [5, 5.41) is 37.7. The fourth-order valence-corrected chi connectivity index (χ4v) is 3.03. The first-order chi connectivity index (χ1) is 13.0. The van der Waals surface area contributed by atoms with E-state index in [2.05, 4.69) is 39.0 Å². The van der Waals surface area contributed by atoms with Gasteiger partial charge < -0.3 is 25.8 Å². The van der Waals surface area contributed by atoms with E-state index in [1.807, 2.05) is 0 Å². The summed E-state index contributed by atoms with van der Waals surface area (Å²) in [7, 11) is 0. The maximum Gasteiger partial charge on any atom is 0.272 e. The van der Waals surface area contributed by atoms with E-state index in [0.29, 0.717) is 23.6 Å². The van der Waals surface area contributed by atoms with Gasteiger partial charge in [-0.3, -0.25) is 4.57 Å². The molecule has 27 heavy (non-hydrogen) atoms. The van der Waals surface area contributed by atoms with E-state index in [1.165, 1.54) is 10.9 Å². The van der Waals surface area contributed by atoms with E-state index in [-0.39, 0.29) is 11.8 Å².